The van der Waals surface area contributed by atoms with Crippen LogP contribution in [0.3, 0.4) is 0 Å². The van der Waals surface area contributed by atoms with Crippen LogP contribution in [0.25, 0.3) is 5.69 Å². The third kappa shape index (κ3) is 4.16. The number of benzene rings is 2. The van der Waals surface area contributed by atoms with Gasteiger partial charge in [0.25, 0.3) is 0 Å². The molecular weight excluding hydrogens is 436 g/mol. The van der Waals surface area contributed by atoms with Crippen molar-refractivity contribution in [3.8, 4) is 5.69 Å². The molecule has 0 amide bonds. The van der Waals surface area contributed by atoms with E-state index in [0.717, 1.165) is 11.3 Å². The summed E-state index contributed by atoms with van der Waals surface area (Å²) < 4.78 is 56.5. The predicted octanol–water partition coefficient (Wildman–Crippen LogP) is 2.18. The molecule has 0 aliphatic carbocycles. The molecule has 0 N–H and O–H groups in total. The van der Waals surface area contributed by atoms with Crippen LogP contribution in [0.15, 0.2) is 70.7 Å². The maximum atomic E-state index is 13.1. The lowest BCUT2D eigenvalue weighted by Gasteiger charge is -2.33. The van der Waals surface area contributed by atoms with Gasteiger partial charge in [0, 0.05) is 26.2 Å². The normalized spacial score (nSPS) is 16.5. The third-order valence-electron chi connectivity index (χ3n) is 5.38. The van der Waals surface area contributed by atoms with Crippen molar-refractivity contribution in [2.75, 3.05) is 26.2 Å². The van der Waals surface area contributed by atoms with Gasteiger partial charge < -0.3 is 0 Å². The lowest BCUT2D eigenvalue weighted by Crippen LogP contribution is -2.50. The molecule has 31 heavy (non-hydrogen) atoms. The topological polar surface area (TPSA) is 92.6 Å². The highest BCUT2D eigenvalue weighted by molar-refractivity contribution is 7.89. The van der Waals surface area contributed by atoms with Crippen LogP contribution in [0.2, 0.25) is 0 Å². The molecule has 1 aliphatic rings. The van der Waals surface area contributed by atoms with E-state index in [1.165, 1.54) is 25.7 Å². The standard InChI is InChI=1S/C21H24N4O4S2/c1-17-8-9-18(2)21(14-17)31(28,29)24-12-10-23(11-13-24)30(26,27)20-15-22-25(16-20)19-6-4-3-5-7-19/h3-9,14-16H,10-13H2,1-2H3. The second kappa shape index (κ2) is 8.19. The smallest absolute Gasteiger partial charge is 0.240 e. The number of para-hydroxylation sites is 1. The zero-order valence-corrected chi connectivity index (χ0v) is 19.0. The molecule has 0 radical (unpaired) electrons. The monoisotopic (exact) mass is 460 g/mol. The van der Waals surface area contributed by atoms with E-state index in [4.69, 9.17) is 0 Å². The number of aromatic nitrogens is 2. The zero-order chi connectivity index (χ0) is 22.2. The molecule has 1 fully saturated rings. The van der Waals surface area contributed by atoms with Crippen LogP contribution in [-0.2, 0) is 20.0 Å². The van der Waals surface area contributed by atoms with Gasteiger partial charge in [-0.25, -0.2) is 21.5 Å². The fourth-order valence-corrected chi connectivity index (χ4v) is 6.67. The lowest BCUT2D eigenvalue weighted by molar-refractivity contribution is 0.272. The van der Waals surface area contributed by atoms with Crippen LogP contribution in [0.4, 0.5) is 0 Å². The van der Waals surface area contributed by atoms with Gasteiger partial charge in [0.15, 0.2) is 0 Å². The Morgan fingerprint density at radius 1 is 0.806 bits per heavy atom. The van der Waals surface area contributed by atoms with E-state index in [2.05, 4.69) is 5.10 Å². The Balaban J connectivity index is 1.51. The van der Waals surface area contributed by atoms with Gasteiger partial charge in [-0.2, -0.15) is 13.7 Å². The van der Waals surface area contributed by atoms with Gasteiger partial charge in [-0.3, -0.25) is 0 Å². The maximum Gasteiger partial charge on any atom is 0.246 e. The van der Waals surface area contributed by atoms with E-state index in [0.29, 0.717) is 5.56 Å². The molecule has 0 atom stereocenters. The van der Waals surface area contributed by atoms with Crippen LogP contribution < -0.4 is 0 Å². The summed E-state index contributed by atoms with van der Waals surface area (Å²) in [7, 11) is -7.45. The van der Waals surface area contributed by atoms with Gasteiger partial charge in [0.2, 0.25) is 20.0 Å². The molecule has 0 spiro atoms. The zero-order valence-electron chi connectivity index (χ0n) is 17.3. The molecule has 0 bridgehead atoms. The Morgan fingerprint density at radius 3 is 2.06 bits per heavy atom. The van der Waals surface area contributed by atoms with Gasteiger partial charge in [-0.1, -0.05) is 30.3 Å². The van der Waals surface area contributed by atoms with Crippen molar-refractivity contribution in [2.45, 2.75) is 23.6 Å². The van der Waals surface area contributed by atoms with E-state index in [1.54, 1.807) is 19.1 Å². The first-order chi connectivity index (χ1) is 14.7. The summed E-state index contributed by atoms with van der Waals surface area (Å²) in [6, 6.07) is 14.5. The number of nitrogens with zero attached hydrogens (tertiary/aromatic N) is 4. The van der Waals surface area contributed by atoms with Crippen molar-refractivity contribution in [1.82, 2.24) is 18.4 Å². The molecule has 164 valence electrons. The molecule has 2 aromatic carbocycles. The molecule has 1 aromatic heterocycles. The van der Waals surface area contributed by atoms with E-state index in [-0.39, 0.29) is 36.0 Å². The highest BCUT2D eigenvalue weighted by Crippen LogP contribution is 2.24. The van der Waals surface area contributed by atoms with Crippen molar-refractivity contribution in [1.29, 1.82) is 0 Å². The molecule has 4 rings (SSSR count). The number of hydrogen-bond donors (Lipinski definition) is 0. The minimum Gasteiger partial charge on any atom is -0.240 e. The van der Waals surface area contributed by atoms with Crippen LogP contribution in [0, 0.1) is 13.8 Å². The van der Waals surface area contributed by atoms with Gasteiger partial charge in [0.05, 0.1) is 23.0 Å². The van der Waals surface area contributed by atoms with E-state index in [9.17, 15) is 16.8 Å². The molecule has 1 aliphatic heterocycles. The maximum absolute atomic E-state index is 13.1. The number of rotatable bonds is 5. The fourth-order valence-electron chi connectivity index (χ4n) is 3.59. The Hall–Kier alpha value is -2.53. The second-order valence-electron chi connectivity index (χ2n) is 7.53. The molecule has 8 nitrogen and oxygen atoms in total. The van der Waals surface area contributed by atoms with Gasteiger partial charge in [0.1, 0.15) is 4.90 Å². The first-order valence-electron chi connectivity index (χ1n) is 9.87. The summed E-state index contributed by atoms with van der Waals surface area (Å²) in [5, 5.41) is 4.16. The molecule has 3 aromatic rings. The van der Waals surface area contributed by atoms with Gasteiger partial charge in [-0.05, 0) is 43.2 Å². The van der Waals surface area contributed by atoms with Crippen molar-refractivity contribution < 1.29 is 16.8 Å². The number of aryl methyl sites for hydroxylation is 2. The summed E-state index contributed by atoms with van der Waals surface area (Å²) in [6.07, 6.45) is 2.80. The fraction of sp³-hybridized carbons (Fsp3) is 0.286. The molecule has 1 saturated heterocycles. The Bertz CT molecular complexity index is 1290. The summed E-state index contributed by atoms with van der Waals surface area (Å²) in [4.78, 5) is 0.357. The van der Waals surface area contributed by atoms with Crippen molar-refractivity contribution in [3.05, 3.63) is 72.1 Å². The van der Waals surface area contributed by atoms with Gasteiger partial charge in [-0.15, -0.1) is 0 Å². The van der Waals surface area contributed by atoms with Crippen LogP contribution >= 0.6 is 0 Å². The minimum atomic E-state index is -3.77. The van der Waals surface area contributed by atoms with Crippen LogP contribution in [0.1, 0.15) is 11.1 Å². The number of piperazine rings is 1. The van der Waals surface area contributed by atoms with Crippen LogP contribution in [0.5, 0.6) is 0 Å². The highest BCUT2D eigenvalue weighted by Gasteiger charge is 2.35. The quantitative estimate of drug-likeness (QED) is 0.582. The highest BCUT2D eigenvalue weighted by atomic mass is 32.2. The van der Waals surface area contributed by atoms with Gasteiger partial charge >= 0.3 is 0 Å². The average Bonchev–Trinajstić information content (AvgIpc) is 3.27. The van der Waals surface area contributed by atoms with Crippen LogP contribution in [-0.4, -0.2) is 61.4 Å². The summed E-state index contributed by atoms with van der Waals surface area (Å²) in [5.74, 6) is 0. The molecule has 0 saturated carbocycles. The van der Waals surface area contributed by atoms with E-state index >= 15 is 0 Å². The average molecular weight is 461 g/mol. The van der Waals surface area contributed by atoms with Crippen molar-refractivity contribution in [3.63, 3.8) is 0 Å². The van der Waals surface area contributed by atoms with Crippen molar-refractivity contribution in [2.24, 2.45) is 0 Å². The summed E-state index contributed by atoms with van der Waals surface area (Å²) >= 11 is 0. The second-order valence-corrected chi connectivity index (χ2v) is 11.4. The van der Waals surface area contributed by atoms with E-state index < -0.39 is 20.0 Å². The third-order valence-corrected chi connectivity index (χ3v) is 9.27. The summed E-state index contributed by atoms with van der Waals surface area (Å²) in [5.41, 5.74) is 2.29. The van der Waals surface area contributed by atoms with E-state index in [1.807, 2.05) is 43.3 Å². The number of sulfonamides is 2. The SMILES string of the molecule is Cc1ccc(C)c(S(=O)(=O)N2CCN(S(=O)(=O)c3cnn(-c4ccccc4)c3)CC2)c1. The molecule has 10 heteroatoms. The first kappa shape index (κ1) is 21.7. The largest absolute Gasteiger partial charge is 0.246 e. The van der Waals surface area contributed by atoms with Crippen molar-refractivity contribution >= 4 is 20.0 Å². The Morgan fingerprint density at radius 2 is 1.42 bits per heavy atom. The lowest BCUT2D eigenvalue weighted by atomic mass is 10.2. The molecule has 2 heterocycles. The number of hydrogen-bond acceptors (Lipinski definition) is 5. The first-order valence-corrected chi connectivity index (χ1v) is 12.8. The predicted molar refractivity (Wildman–Crippen MR) is 117 cm³/mol. The molecule has 0 unspecified atom stereocenters. The Kier molecular flexibility index (Phi) is 5.73. The molecular formula is C21H24N4O4S2. The summed E-state index contributed by atoms with van der Waals surface area (Å²) in [6.45, 7) is 3.98. The Labute approximate surface area is 182 Å². The minimum absolute atomic E-state index is 0.0854.